The SMILES string of the molecule is CN1CCCC2CN(Cc3ccc(Br)s3)CCC21. The second kappa shape index (κ2) is 5.61. The molecule has 2 unspecified atom stereocenters. The van der Waals surface area contributed by atoms with E-state index in [1.807, 2.05) is 11.3 Å². The van der Waals surface area contributed by atoms with E-state index in [-0.39, 0.29) is 0 Å². The molecule has 18 heavy (non-hydrogen) atoms. The van der Waals surface area contributed by atoms with Gasteiger partial charge in [-0.3, -0.25) is 4.90 Å². The van der Waals surface area contributed by atoms with Crippen LogP contribution in [-0.4, -0.2) is 42.5 Å². The maximum Gasteiger partial charge on any atom is 0.0701 e. The van der Waals surface area contributed by atoms with Gasteiger partial charge in [-0.2, -0.15) is 0 Å². The van der Waals surface area contributed by atoms with Gasteiger partial charge in [-0.1, -0.05) is 0 Å². The summed E-state index contributed by atoms with van der Waals surface area (Å²) >= 11 is 5.43. The predicted octanol–water partition coefficient (Wildman–Crippen LogP) is 3.43. The lowest BCUT2D eigenvalue weighted by Crippen LogP contribution is -2.52. The first kappa shape index (κ1) is 13.1. The minimum absolute atomic E-state index is 0.852. The van der Waals surface area contributed by atoms with Gasteiger partial charge in [-0.25, -0.2) is 0 Å². The highest BCUT2D eigenvalue weighted by molar-refractivity contribution is 9.11. The number of hydrogen-bond acceptors (Lipinski definition) is 3. The van der Waals surface area contributed by atoms with E-state index in [0.717, 1.165) is 18.5 Å². The van der Waals surface area contributed by atoms with Crippen LogP contribution in [0, 0.1) is 5.92 Å². The zero-order valence-electron chi connectivity index (χ0n) is 10.9. The normalized spacial score (nSPS) is 30.3. The highest BCUT2D eigenvalue weighted by atomic mass is 79.9. The van der Waals surface area contributed by atoms with Crippen molar-refractivity contribution in [1.29, 1.82) is 0 Å². The summed E-state index contributed by atoms with van der Waals surface area (Å²) in [5, 5.41) is 0. The molecule has 0 spiro atoms. The third kappa shape index (κ3) is 2.82. The van der Waals surface area contributed by atoms with Crippen molar-refractivity contribution in [2.24, 2.45) is 5.92 Å². The number of hydrogen-bond donors (Lipinski definition) is 0. The Balaban J connectivity index is 1.60. The number of thiophene rings is 1. The van der Waals surface area contributed by atoms with E-state index >= 15 is 0 Å². The summed E-state index contributed by atoms with van der Waals surface area (Å²) in [7, 11) is 2.31. The van der Waals surface area contributed by atoms with Crippen molar-refractivity contribution in [2.75, 3.05) is 26.7 Å². The van der Waals surface area contributed by atoms with Crippen LogP contribution in [0.15, 0.2) is 15.9 Å². The van der Waals surface area contributed by atoms with Crippen LogP contribution < -0.4 is 0 Å². The molecule has 0 saturated carbocycles. The van der Waals surface area contributed by atoms with E-state index < -0.39 is 0 Å². The van der Waals surface area contributed by atoms with Gasteiger partial charge in [-0.15, -0.1) is 11.3 Å². The number of likely N-dealkylation sites (tertiary alicyclic amines) is 2. The molecule has 3 rings (SSSR count). The number of fused-ring (bicyclic) bond motifs is 1. The third-order valence-corrected chi connectivity index (χ3v) is 6.05. The molecule has 2 saturated heterocycles. The smallest absolute Gasteiger partial charge is 0.0701 e. The Labute approximate surface area is 122 Å². The van der Waals surface area contributed by atoms with E-state index in [4.69, 9.17) is 0 Å². The summed E-state index contributed by atoms with van der Waals surface area (Å²) in [6.45, 7) is 5.01. The lowest BCUT2D eigenvalue weighted by molar-refractivity contribution is 0.0359. The van der Waals surface area contributed by atoms with Gasteiger partial charge in [-0.05, 0) is 66.8 Å². The van der Waals surface area contributed by atoms with Gasteiger partial charge in [0, 0.05) is 30.6 Å². The molecular formula is C14H21BrN2S. The monoisotopic (exact) mass is 328 g/mol. The van der Waals surface area contributed by atoms with Crippen LogP contribution >= 0.6 is 27.3 Å². The molecule has 2 atom stereocenters. The minimum Gasteiger partial charge on any atom is -0.303 e. The van der Waals surface area contributed by atoms with Gasteiger partial charge in [0.15, 0.2) is 0 Å². The van der Waals surface area contributed by atoms with Gasteiger partial charge in [0.05, 0.1) is 3.79 Å². The fraction of sp³-hybridized carbons (Fsp3) is 0.714. The Bertz CT molecular complexity index is 406. The van der Waals surface area contributed by atoms with Crippen LogP contribution in [0.3, 0.4) is 0 Å². The minimum atomic E-state index is 0.852. The highest BCUT2D eigenvalue weighted by Gasteiger charge is 2.34. The number of rotatable bonds is 2. The number of halogens is 1. The molecule has 2 nitrogen and oxygen atoms in total. The maximum atomic E-state index is 3.55. The predicted molar refractivity (Wildman–Crippen MR) is 81.1 cm³/mol. The topological polar surface area (TPSA) is 6.48 Å². The first-order valence-electron chi connectivity index (χ1n) is 6.89. The van der Waals surface area contributed by atoms with Crippen molar-refractivity contribution in [2.45, 2.75) is 31.8 Å². The summed E-state index contributed by atoms with van der Waals surface area (Å²) in [5.74, 6) is 0.904. The molecule has 4 heteroatoms. The van der Waals surface area contributed by atoms with Crippen LogP contribution in [0.1, 0.15) is 24.1 Å². The van der Waals surface area contributed by atoms with Crippen LogP contribution in [0.2, 0.25) is 0 Å². The molecule has 2 aliphatic heterocycles. The molecule has 3 heterocycles. The number of piperidine rings is 2. The van der Waals surface area contributed by atoms with Crippen molar-refractivity contribution in [3.8, 4) is 0 Å². The largest absolute Gasteiger partial charge is 0.303 e. The molecular weight excluding hydrogens is 308 g/mol. The Morgan fingerprint density at radius 2 is 2.22 bits per heavy atom. The molecule has 0 N–H and O–H groups in total. The van der Waals surface area contributed by atoms with E-state index in [1.165, 1.54) is 47.6 Å². The standard InChI is InChI=1S/C14H21BrN2S/c1-16-7-2-3-11-9-17(8-6-13(11)16)10-12-4-5-14(15)18-12/h4-5,11,13H,2-3,6-10H2,1H3. The van der Waals surface area contributed by atoms with Gasteiger partial charge in [0.1, 0.15) is 0 Å². The second-order valence-electron chi connectivity index (χ2n) is 5.68. The molecule has 0 bridgehead atoms. The quantitative estimate of drug-likeness (QED) is 0.820. The Kier molecular flexibility index (Phi) is 4.09. The second-order valence-corrected chi connectivity index (χ2v) is 8.23. The molecule has 0 amide bonds. The lowest BCUT2D eigenvalue weighted by atomic mass is 9.84. The zero-order valence-corrected chi connectivity index (χ0v) is 13.3. The van der Waals surface area contributed by atoms with Crippen LogP contribution in [0.25, 0.3) is 0 Å². The molecule has 0 aliphatic carbocycles. The highest BCUT2D eigenvalue weighted by Crippen LogP contribution is 2.31. The van der Waals surface area contributed by atoms with Gasteiger partial charge < -0.3 is 4.90 Å². The Hall–Kier alpha value is 0.1000. The van der Waals surface area contributed by atoms with Crippen LogP contribution in [0.5, 0.6) is 0 Å². The van der Waals surface area contributed by atoms with E-state index in [9.17, 15) is 0 Å². The van der Waals surface area contributed by atoms with Crippen molar-refractivity contribution in [3.05, 3.63) is 20.8 Å². The van der Waals surface area contributed by atoms with Crippen molar-refractivity contribution in [3.63, 3.8) is 0 Å². The average Bonchev–Trinajstić information content (AvgIpc) is 2.75. The molecule has 2 aliphatic rings. The lowest BCUT2D eigenvalue weighted by Gasteiger charge is -2.45. The number of nitrogens with zero attached hydrogens (tertiary/aromatic N) is 2. The molecule has 0 aromatic carbocycles. The average molecular weight is 329 g/mol. The summed E-state index contributed by atoms with van der Waals surface area (Å²) in [5.41, 5.74) is 0. The first-order valence-corrected chi connectivity index (χ1v) is 8.50. The molecule has 0 radical (unpaired) electrons. The van der Waals surface area contributed by atoms with E-state index in [0.29, 0.717) is 0 Å². The Morgan fingerprint density at radius 1 is 1.33 bits per heavy atom. The van der Waals surface area contributed by atoms with Crippen LogP contribution in [0.4, 0.5) is 0 Å². The molecule has 1 aromatic rings. The molecule has 1 aromatic heterocycles. The summed E-state index contributed by atoms with van der Waals surface area (Å²) < 4.78 is 1.25. The van der Waals surface area contributed by atoms with Crippen molar-refractivity contribution >= 4 is 27.3 Å². The first-order chi connectivity index (χ1) is 8.72. The zero-order chi connectivity index (χ0) is 12.5. The Morgan fingerprint density at radius 3 is 3.00 bits per heavy atom. The van der Waals surface area contributed by atoms with E-state index in [2.05, 4.69) is 44.9 Å². The summed E-state index contributed by atoms with van der Waals surface area (Å²) in [4.78, 5) is 6.73. The van der Waals surface area contributed by atoms with Gasteiger partial charge in [0.25, 0.3) is 0 Å². The summed E-state index contributed by atoms with van der Waals surface area (Å²) in [6.07, 6.45) is 4.17. The van der Waals surface area contributed by atoms with E-state index in [1.54, 1.807) is 0 Å². The van der Waals surface area contributed by atoms with Gasteiger partial charge >= 0.3 is 0 Å². The van der Waals surface area contributed by atoms with Crippen molar-refractivity contribution < 1.29 is 0 Å². The van der Waals surface area contributed by atoms with Crippen molar-refractivity contribution in [1.82, 2.24) is 9.80 Å². The van der Waals surface area contributed by atoms with Gasteiger partial charge in [0.2, 0.25) is 0 Å². The molecule has 100 valence electrons. The van der Waals surface area contributed by atoms with Crippen LogP contribution in [-0.2, 0) is 6.54 Å². The maximum absolute atomic E-state index is 3.55. The third-order valence-electron chi connectivity index (χ3n) is 4.44. The fourth-order valence-electron chi connectivity index (χ4n) is 3.53. The summed E-state index contributed by atoms with van der Waals surface area (Å²) in [6, 6.07) is 5.28. The molecule has 2 fully saturated rings. The fourth-order valence-corrected chi connectivity index (χ4v) is 5.05.